The molecule has 4 nitrogen and oxygen atoms in total. The van der Waals surface area contributed by atoms with Gasteiger partial charge in [-0.25, -0.2) is 0 Å². The monoisotopic (exact) mass is 148 g/mol. The first-order chi connectivity index (χ1) is 4.75. The van der Waals surface area contributed by atoms with Crippen molar-refractivity contribution in [3.63, 3.8) is 0 Å². The Hall–Kier alpha value is -0.160. The molecule has 4 heteroatoms. The van der Waals surface area contributed by atoms with Crippen molar-refractivity contribution in [3.05, 3.63) is 0 Å². The first-order valence-corrected chi connectivity index (χ1v) is 3.34. The third-order valence-corrected chi connectivity index (χ3v) is 1.70. The van der Waals surface area contributed by atoms with Crippen molar-refractivity contribution in [1.82, 2.24) is 0 Å². The van der Waals surface area contributed by atoms with Gasteiger partial charge in [0.1, 0.15) is 12.2 Å². The Labute approximate surface area is 59.1 Å². The zero-order chi connectivity index (χ0) is 7.56. The van der Waals surface area contributed by atoms with Crippen LogP contribution in [0.15, 0.2) is 0 Å². The van der Waals surface area contributed by atoms with Crippen LogP contribution in [0.5, 0.6) is 0 Å². The lowest BCUT2D eigenvalue weighted by molar-refractivity contribution is -0.147. The molecule has 0 aromatic rings. The van der Waals surface area contributed by atoms with Gasteiger partial charge in [0.2, 0.25) is 0 Å². The van der Waals surface area contributed by atoms with Crippen LogP contribution in [0.1, 0.15) is 6.42 Å². The highest BCUT2D eigenvalue weighted by molar-refractivity contribution is 4.79. The second kappa shape index (κ2) is 3.30. The lowest BCUT2D eigenvalue weighted by atomic mass is 10.0. The van der Waals surface area contributed by atoms with Crippen LogP contribution in [0.2, 0.25) is 0 Å². The molecule has 0 amide bonds. The summed E-state index contributed by atoms with van der Waals surface area (Å²) in [5.74, 6) is 0. The van der Waals surface area contributed by atoms with Gasteiger partial charge < -0.3 is 20.1 Å². The molecule has 1 aliphatic rings. The first kappa shape index (κ1) is 7.94. The third kappa shape index (κ3) is 1.46. The molecule has 1 unspecified atom stereocenters. The summed E-state index contributed by atoms with van der Waals surface area (Å²) in [4.78, 5) is 0. The molecule has 0 aromatic carbocycles. The van der Waals surface area contributed by atoms with Crippen LogP contribution in [-0.2, 0) is 4.74 Å². The molecule has 10 heavy (non-hydrogen) atoms. The van der Waals surface area contributed by atoms with E-state index in [4.69, 9.17) is 20.1 Å². The SMILES string of the molecule is OC[C@H]1OCCC(O)[C@H]1O. The van der Waals surface area contributed by atoms with Gasteiger partial charge >= 0.3 is 0 Å². The Bertz CT molecular complexity index is 106. The van der Waals surface area contributed by atoms with Crippen LogP contribution in [0.3, 0.4) is 0 Å². The lowest BCUT2D eigenvalue weighted by Crippen LogP contribution is -2.46. The smallest absolute Gasteiger partial charge is 0.109 e. The zero-order valence-corrected chi connectivity index (χ0v) is 5.60. The Morgan fingerprint density at radius 3 is 2.60 bits per heavy atom. The topological polar surface area (TPSA) is 69.9 Å². The molecule has 1 saturated heterocycles. The molecular weight excluding hydrogens is 136 g/mol. The second-order valence-corrected chi connectivity index (χ2v) is 2.44. The number of rotatable bonds is 1. The normalized spacial score (nSPS) is 41.7. The number of aliphatic hydroxyl groups excluding tert-OH is 3. The molecule has 0 saturated carbocycles. The van der Waals surface area contributed by atoms with Gasteiger partial charge in [-0.3, -0.25) is 0 Å². The van der Waals surface area contributed by atoms with Gasteiger partial charge in [0, 0.05) is 6.61 Å². The standard InChI is InChI=1S/C6H12O4/c7-3-5-6(9)4(8)1-2-10-5/h4-9H,1-3H2/t4?,5-,6-/m1/s1. The minimum absolute atomic E-state index is 0.238. The maximum Gasteiger partial charge on any atom is 0.109 e. The second-order valence-electron chi connectivity index (χ2n) is 2.44. The highest BCUT2D eigenvalue weighted by atomic mass is 16.5. The van der Waals surface area contributed by atoms with Gasteiger partial charge in [-0.05, 0) is 6.42 Å². The maximum absolute atomic E-state index is 9.10. The van der Waals surface area contributed by atoms with Crippen LogP contribution in [0.25, 0.3) is 0 Å². The van der Waals surface area contributed by atoms with Gasteiger partial charge in [0.15, 0.2) is 0 Å². The molecule has 1 rings (SSSR count). The molecule has 1 heterocycles. The Balaban J connectivity index is 2.42. The summed E-state index contributed by atoms with van der Waals surface area (Å²) in [6, 6.07) is 0. The molecule has 1 aliphatic heterocycles. The van der Waals surface area contributed by atoms with Gasteiger partial charge in [-0.15, -0.1) is 0 Å². The van der Waals surface area contributed by atoms with Crippen molar-refractivity contribution in [1.29, 1.82) is 0 Å². The fourth-order valence-electron chi connectivity index (χ4n) is 1.02. The first-order valence-electron chi connectivity index (χ1n) is 3.34. The van der Waals surface area contributed by atoms with E-state index in [9.17, 15) is 0 Å². The molecule has 3 N–H and O–H groups in total. The molecule has 0 bridgehead atoms. The van der Waals surface area contributed by atoms with E-state index in [2.05, 4.69) is 0 Å². The molecule has 3 atom stereocenters. The average Bonchev–Trinajstić information content (AvgIpc) is 1.95. The van der Waals surface area contributed by atoms with Crippen molar-refractivity contribution >= 4 is 0 Å². The predicted octanol–water partition coefficient (Wildman–Crippen LogP) is -1.51. The summed E-state index contributed by atoms with van der Waals surface area (Å²) in [5.41, 5.74) is 0. The zero-order valence-electron chi connectivity index (χ0n) is 5.60. The fraction of sp³-hybridized carbons (Fsp3) is 1.00. The van der Waals surface area contributed by atoms with Gasteiger partial charge in [-0.2, -0.15) is 0 Å². The average molecular weight is 148 g/mol. The highest BCUT2D eigenvalue weighted by Crippen LogP contribution is 2.13. The molecule has 0 radical (unpaired) electrons. The highest BCUT2D eigenvalue weighted by Gasteiger charge is 2.30. The molecule has 60 valence electrons. The van der Waals surface area contributed by atoms with Crippen molar-refractivity contribution in [3.8, 4) is 0 Å². The molecule has 0 aliphatic carbocycles. The largest absolute Gasteiger partial charge is 0.394 e. The van der Waals surface area contributed by atoms with E-state index in [1.807, 2.05) is 0 Å². The van der Waals surface area contributed by atoms with Crippen molar-refractivity contribution in [2.24, 2.45) is 0 Å². The molecule has 0 aromatic heterocycles. The summed E-state index contributed by atoms with van der Waals surface area (Å²) < 4.78 is 4.95. The Morgan fingerprint density at radius 2 is 2.10 bits per heavy atom. The van der Waals surface area contributed by atoms with Crippen LogP contribution < -0.4 is 0 Å². The van der Waals surface area contributed by atoms with Crippen molar-refractivity contribution in [2.45, 2.75) is 24.7 Å². The minimum atomic E-state index is -0.932. The predicted molar refractivity (Wildman–Crippen MR) is 33.5 cm³/mol. The number of hydrogen-bond acceptors (Lipinski definition) is 4. The van der Waals surface area contributed by atoms with Crippen LogP contribution in [0, 0.1) is 0 Å². The summed E-state index contributed by atoms with van der Waals surface area (Å²) >= 11 is 0. The quantitative estimate of drug-likeness (QED) is 0.423. The minimum Gasteiger partial charge on any atom is -0.394 e. The van der Waals surface area contributed by atoms with E-state index < -0.39 is 18.3 Å². The molecule has 1 fully saturated rings. The van der Waals surface area contributed by atoms with E-state index in [1.165, 1.54) is 0 Å². The van der Waals surface area contributed by atoms with E-state index in [0.717, 1.165) is 0 Å². The van der Waals surface area contributed by atoms with Crippen LogP contribution in [0.4, 0.5) is 0 Å². The summed E-state index contributed by atoms with van der Waals surface area (Å²) in [5, 5.41) is 26.7. The van der Waals surface area contributed by atoms with E-state index in [1.54, 1.807) is 0 Å². The Morgan fingerprint density at radius 1 is 1.40 bits per heavy atom. The van der Waals surface area contributed by atoms with Crippen molar-refractivity contribution in [2.75, 3.05) is 13.2 Å². The van der Waals surface area contributed by atoms with E-state index in [-0.39, 0.29) is 6.61 Å². The number of ether oxygens (including phenoxy) is 1. The van der Waals surface area contributed by atoms with E-state index in [0.29, 0.717) is 13.0 Å². The summed E-state index contributed by atoms with van der Waals surface area (Å²) in [7, 11) is 0. The van der Waals surface area contributed by atoms with Gasteiger partial charge in [-0.1, -0.05) is 0 Å². The summed E-state index contributed by atoms with van der Waals surface area (Å²) in [6.07, 6.45) is -1.84. The molecular formula is C6H12O4. The van der Waals surface area contributed by atoms with Gasteiger partial charge in [0.25, 0.3) is 0 Å². The number of hydrogen-bond donors (Lipinski definition) is 3. The fourth-order valence-corrected chi connectivity index (χ4v) is 1.02. The summed E-state index contributed by atoms with van der Waals surface area (Å²) in [6.45, 7) is 0.168. The van der Waals surface area contributed by atoms with Crippen molar-refractivity contribution < 1.29 is 20.1 Å². The van der Waals surface area contributed by atoms with Crippen LogP contribution >= 0.6 is 0 Å². The Kier molecular flexibility index (Phi) is 2.62. The van der Waals surface area contributed by atoms with E-state index >= 15 is 0 Å². The number of aliphatic hydroxyl groups is 3. The van der Waals surface area contributed by atoms with Gasteiger partial charge in [0.05, 0.1) is 12.7 Å². The third-order valence-electron chi connectivity index (χ3n) is 1.70. The lowest BCUT2D eigenvalue weighted by Gasteiger charge is -2.30. The van der Waals surface area contributed by atoms with Crippen LogP contribution in [-0.4, -0.2) is 46.8 Å². The maximum atomic E-state index is 9.10. The molecule has 0 spiro atoms.